The fourth-order valence-corrected chi connectivity index (χ4v) is 2.56. The van der Waals surface area contributed by atoms with E-state index in [1.807, 2.05) is 0 Å². The van der Waals surface area contributed by atoms with E-state index in [2.05, 4.69) is 4.72 Å². The molecule has 0 heterocycles. The van der Waals surface area contributed by atoms with Gasteiger partial charge in [0.1, 0.15) is 6.07 Å². The summed E-state index contributed by atoms with van der Waals surface area (Å²) in [7, 11) is -3.76. The van der Waals surface area contributed by atoms with Crippen LogP contribution in [-0.2, 0) is 10.0 Å². The largest absolute Gasteiger partial charge is 0.399 e. The molecular weight excluding hydrogens is 254 g/mol. The zero-order valence-electron chi connectivity index (χ0n) is 9.92. The number of aliphatic hydroxyl groups is 1. The van der Waals surface area contributed by atoms with Gasteiger partial charge in [-0.15, -0.1) is 0 Å². The van der Waals surface area contributed by atoms with Crippen molar-refractivity contribution in [1.82, 2.24) is 4.72 Å². The van der Waals surface area contributed by atoms with E-state index >= 15 is 0 Å². The highest BCUT2D eigenvalue weighted by Gasteiger charge is 2.19. The lowest BCUT2D eigenvalue weighted by Gasteiger charge is -2.11. The van der Waals surface area contributed by atoms with Crippen molar-refractivity contribution in [3.05, 3.63) is 23.8 Å². The van der Waals surface area contributed by atoms with E-state index in [0.29, 0.717) is 5.69 Å². The third kappa shape index (κ3) is 3.43. The Labute approximate surface area is 106 Å². The molecule has 0 aliphatic heterocycles. The highest BCUT2D eigenvalue weighted by molar-refractivity contribution is 7.89. The first-order valence-electron chi connectivity index (χ1n) is 5.31. The molecule has 1 aromatic carbocycles. The number of nitrogens with two attached hydrogens (primary N) is 1. The van der Waals surface area contributed by atoms with Crippen LogP contribution in [0.5, 0.6) is 0 Å². The van der Waals surface area contributed by atoms with Crippen LogP contribution in [0.4, 0.5) is 5.69 Å². The van der Waals surface area contributed by atoms with Crippen molar-refractivity contribution in [1.29, 1.82) is 5.26 Å². The molecule has 1 rings (SSSR count). The monoisotopic (exact) mass is 269 g/mol. The average Bonchev–Trinajstić information content (AvgIpc) is 2.35. The van der Waals surface area contributed by atoms with Crippen molar-refractivity contribution in [3.63, 3.8) is 0 Å². The predicted octanol–water partition coefficient (Wildman–Crippen LogP) is 0.0472. The van der Waals surface area contributed by atoms with Gasteiger partial charge in [0.25, 0.3) is 0 Å². The molecule has 6 nitrogen and oxygen atoms in total. The molecule has 0 bridgehead atoms. The highest BCUT2D eigenvalue weighted by atomic mass is 32.2. The quantitative estimate of drug-likeness (QED) is 0.653. The summed E-state index contributed by atoms with van der Waals surface area (Å²) in [6.07, 6.45) is 0. The summed E-state index contributed by atoms with van der Waals surface area (Å²) in [4.78, 5) is -0.107. The highest BCUT2D eigenvalue weighted by Crippen LogP contribution is 2.17. The molecule has 98 valence electrons. The number of anilines is 1. The summed E-state index contributed by atoms with van der Waals surface area (Å²) in [5, 5.41) is 17.7. The molecule has 0 spiro atoms. The zero-order valence-corrected chi connectivity index (χ0v) is 10.7. The maximum atomic E-state index is 12.0. The Hall–Kier alpha value is -1.62. The van der Waals surface area contributed by atoms with Crippen molar-refractivity contribution in [2.24, 2.45) is 5.92 Å². The Kier molecular flexibility index (Phi) is 4.67. The molecule has 4 N–H and O–H groups in total. The lowest BCUT2D eigenvalue weighted by Crippen LogP contribution is -2.30. The number of hydrogen-bond acceptors (Lipinski definition) is 5. The molecule has 0 aromatic heterocycles. The molecular formula is C11H15N3O3S. The number of nitriles is 1. The van der Waals surface area contributed by atoms with Gasteiger partial charge in [-0.3, -0.25) is 0 Å². The Morgan fingerprint density at radius 1 is 1.56 bits per heavy atom. The van der Waals surface area contributed by atoms with Crippen LogP contribution in [0, 0.1) is 17.2 Å². The molecule has 0 fully saturated rings. The predicted molar refractivity (Wildman–Crippen MR) is 67.0 cm³/mol. The van der Waals surface area contributed by atoms with Crippen LogP contribution in [0.3, 0.4) is 0 Å². The van der Waals surface area contributed by atoms with E-state index < -0.39 is 10.0 Å². The van der Waals surface area contributed by atoms with Crippen molar-refractivity contribution < 1.29 is 13.5 Å². The third-order valence-corrected chi connectivity index (χ3v) is 3.83. The second-order valence-corrected chi connectivity index (χ2v) is 5.74. The van der Waals surface area contributed by atoms with Gasteiger partial charge in [-0.05, 0) is 24.1 Å². The van der Waals surface area contributed by atoms with Gasteiger partial charge in [0.2, 0.25) is 10.0 Å². The number of nitrogens with zero attached hydrogens (tertiary/aromatic N) is 1. The standard InChI is InChI=1S/C11H15N3O3S/c1-8(7-15)6-14-18(16,17)11-3-2-10(13)4-9(11)5-12/h2-4,8,14-15H,6-7,13H2,1H3. The summed E-state index contributed by atoms with van der Waals surface area (Å²) < 4.78 is 26.3. The second-order valence-electron chi connectivity index (χ2n) is 4.01. The summed E-state index contributed by atoms with van der Waals surface area (Å²) in [5.41, 5.74) is 5.82. The molecule has 0 saturated carbocycles. The van der Waals surface area contributed by atoms with Gasteiger partial charge in [-0.2, -0.15) is 5.26 Å². The lowest BCUT2D eigenvalue weighted by atomic mass is 10.2. The van der Waals surface area contributed by atoms with E-state index in [1.165, 1.54) is 18.2 Å². The minimum atomic E-state index is -3.76. The number of nitrogens with one attached hydrogen (secondary N) is 1. The Morgan fingerprint density at radius 2 is 2.22 bits per heavy atom. The van der Waals surface area contributed by atoms with Crippen molar-refractivity contribution >= 4 is 15.7 Å². The van der Waals surface area contributed by atoms with Crippen molar-refractivity contribution in [2.45, 2.75) is 11.8 Å². The number of nitrogen functional groups attached to an aromatic ring is 1. The lowest BCUT2D eigenvalue weighted by molar-refractivity contribution is 0.238. The van der Waals surface area contributed by atoms with Gasteiger partial charge < -0.3 is 10.8 Å². The first kappa shape index (κ1) is 14.4. The van der Waals surface area contributed by atoms with Gasteiger partial charge in [0.05, 0.1) is 10.5 Å². The van der Waals surface area contributed by atoms with E-state index in [0.717, 1.165) is 0 Å². The van der Waals surface area contributed by atoms with Crippen LogP contribution >= 0.6 is 0 Å². The molecule has 7 heteroatoms. The number of sulfonamides is 1. The number of hydrogen-bond donors (Lipinski definition) is 3. The number of rotatable bonds is 5. The van der Waals surface area contributed by atoms with Gasteiger partial charge in [-0.25, -0.2) is 13.1 Å². The first-order valence-corrected chi connectivity index (χ1v) is 6.79. The van der Waals surface area contributed by atoms with E-state index in [9.17, 15) is 8.42 Å². The van der Waals surface area contributed by atoms with Crippen LogP contribution in [0.15, 0.2) is 23.1 Å². The van der Waals surface area contributed by atoms with Crippen molar-refractivity contribution in [2.75, 3.05) is 18.9 Å². The Balaban J connectivity index is 3.03. The van der Waals surface area contributed by atoms with E-state index in [-0.39, 0.29) is 29.5 Å². The second kappa shape index (κ2) is 5.82. The first-order chi connectivity index (χ1) is 8.40. The van der Waals surface area contributed by atoms with Crippen LogP contribution in [0.2, 0.25) is 0 Å². The van der Waals surface area contributed by atoms with Gasteiger partial charge >= 0.3 is 0 Å². The van der Waals surface area contributed by atoms with Crippen LogP contribution in [0.25, 0.3) is 0 Å². The molecule has 1 unspecified atom stereocenters. The minimum Gasteiger partial charge on any atom is -0.399 e. The topological polar surface area (TPSA) is 116 Å². The molecule has 0 aliphatic carbocycles. The molecule has 0 saturated heterocycles. The minimum absolute atomic E-state index is 0.000786. The summed E-state index contributed by atoms with van der Waals surface area (Å²) in [5.74, 6) is -0.195. The molecule has 1 atom stereocenters. The van der Waals surface area contributed by atoms with Gasteiger partial charge in [0.15, 0.2) is 0 Å². The zero-order chi connectivity index (χ0) is 13.8. The maximum absolute atomic E-state index is 12.0. The van der Waals surface area contributed by atoms with Crippen molar-refractivity contribution in [3.8, 4) is 6.07 Å². The van der Waals surface area contributed by atoms with Crippen LogP contribution in [-0.4, -0.2) is 26.7 Å². The van der Waals surface area contributed by atoms with Crippen LogP contribution < -0.4 is 10.5 Å². The maximum Gasteiger partial charge on any atom is 0.241 e. The molecule has 0 radical (unpaired) electrons. The summed E-state index contributed by atoms with van der Waals surface area (Å²) >= 11 is 0. The SMILES string of the molecule is CC(CO)CNS(=O)(=O)c1ccc(N)cc1C#N. The third-order valence-electron chi connectivity index (χ3n) is 2.35. The fraction of sp³-hybridized carbons (Fsp3) is 0.364. The molecule has 18 heavy (non-hydrogen) atoms. The normalized spacial score (nSPS) is 12.9. The Bertz CT molecular complexity index is 563. The summed E-state index contributed by atoms with van der Waals surface area (Å²) in [6, 6.07) is 5.82. The Morgan fingerprint density at radius 3 is 2.78 bits per heavy atom. The fourth-order valence-electron chi connectivity index (χ4n) is 1.26. The molecule has 0 aliphatic rings. The molecule has 0 amide bonds. The average molecular weight is 269 g/mol. The van der Waals surface area contributed by atoms with Gasteiger partial charge in [0, 0.05) is 18.8 Å². The number of aliphatic hydroxyl groups excluding tert-OH is 1. The van der Waals surface area contributed by atoms with Crippen LogP contribution in [0.1, 0.15) is 12.5 Å². The molecule has 1 aromatic rings. The van der Waals surface area contributed by atoms with Gasteiger partial charge in [-0.1, -0.05) is 6.92 Å². The van der Waals surface area contributed by atoms with E-state index in [1.54, 1.807) is 13.0 Å². The number of benzene rings is 1. The summed E-state index contributed by atoms with van der Waals surface area (Å²) in [6.45, 7) is 1.69. The smallest absolute Gasteiger partial charge is 0.241 e. The van der Waals surface area contributed by atoms with E-state index in [4.69, 9.17) is 16.1 Å².